The summed E-state index contributed by atoms with van der Waals surface area (Å²) in [7, 11) is 0. The average Bonchev–Trinajstić information content (AvgIpc) is 2.56. The molecular weight excluding hydrogens is 264 g/mol. The highest BCUT2D eigenvalue weighted by molar-refractivity contribution is 9.10. The van der Waals surface area contributed by atoms with Gasteiger partial charge in [0.15, 0.2) is 0 Å². The van der Waals surface area contributed by atoms with Crippen molar-refractivity contribution in [2.75, 3.05) is 0 Å². The number of aromatic nitrogens is 2. The molecular formula is C9H7BrN2OS. The third-order valence-electron chi connectivity index (χ3n) is 1.54. The van der Waals surface area contributed by atoms with Crippen molar-refractivity contribution in [1.82, 2.24) is 9.36 Å². The molecule has 1 aromatic heterocycles. The van der Waals surface area contributed by atoms with Gasteiger partial charge in [-0.1, -0.05) is 12.1 Å². The Morgan fingerprint density at radius 1 is 1.36 bits per heavy atom. The molecule has 0 spiro atoms. The molecule has 0 radical (unpaired) electrons. The lowest BCUT2D eigenvalue weighted by atomic mass is 10.3. The van der Waals surface area contributed by atoms with Crippen LogP contribution in [0.4, 0.5) is 0 Å². The molecule has 0 saturated carbocycles. The number of nitrogens with zero attached hydrogens (tertiary/aromatic N) is 2. The molecule has 5 heteroatoms. The summed E-state index contributed by atoms with van der Waals surface area (Å²) in [5, 5.41) is 0.564. The van der Waals surface area contributed by atoms with Gasteiger partial charge in [0, 0.05) is 11.5 Å². The van der Waals surface area contributed by atoms with Crippen LogP contribution in [0.1, 0.15) is 5.82 Å². The van der Waals surface area contributed by atoms with Gasteiger partial charge in [-0.15, -0.1) is 0 Å². The second-order valence-electron chi connectivity index (χ2n) is 2.64. The van der Waals surface area contributed by atoms with Gasteiger partial charge in [0.2, 0.25) is 0 Å². The molecule has 1 heterocycles. The number of hydrogen-bond acceptors (Lipinski definition) is 4. The lowest BCUT2D eigenvalue weighted by molar-refractivity contribution is 0.475. The Labute approximate surface area is 94.1 Å². The zero-order valence-electron chi connectivity index (χ0n) is 7.40. The molecule has 0 atom stereocenters. The fourth-order valence-electron chi connectivity index (χ4n) is 0.941. The number of aryl methyl sites for hydroxylation is 1. The van der Waals surface area contributed by atoms with Crippen LogP contribution >= 0.6 is 27.5 Å². The normalized spacial score (nSPS) is 10.1. The van der Waals surface area contributed by atoms with Gasteiger partial charge in [0.05, 0.1) is 4.47 Å². The second-order valence-corrected chi connectivity index (χ2v) is 4.21. The Morgan fingerprint density at radius 2 is 2.14 bits per heavy atom. The molecule has 0 aliphatic rings. The monoisotopic (exact) mass is 270 g/mol. The molecule has 0 N–H and O–H groups in total. The standard InChI is InChI=1S/C9H7BrN2OS/c1-6-11-9(14-12-6)13-8-5-3-2-4-7(8)10/h2-5H,1H3. The van der Waals surface area contributed by atoms with E-state index in [0.717, 1.165) is 16.0 Å². The summed E-state index contributed by atoms with van der Waals surface area (Å²) in [4.78, 5) is 4.11. The summed E-state index contributed by atoms with van der Waals surface area (Å²) in [5.41, 5.74) is 0. The molecule has 14 heavy (non-hydrogen) atoms. The minimum atomic E-state index is 0.564. The van der Waals surface area contributed by atoms with E-state index in [1.807, 2.05) is 31.2 Å². The van der Waals surface area contributed by atoms with Gasteiger partial charge in [0.25, 0.3) is 5.19 Å². The Morgan fingerprint density at radius 3 is 2.79 bits per heavy atom. The first-order valence-electron chi connectivity index (χ1n) is 3.98. The maximum Gasteiger partial charge on any atom is 0.298 e. The zero-order chi connectivity index (χ0) is 9.97. The van der Waals surface area contributed by atoms with E-state index < -0.39 is 0 Å². The van der Waals surface area contributed by atoms with Crippen molar-refractivity contribution in [3.05, 3.63) is 34.6 Å². The van der Waals surface area contributed by atoms with Gasteiger partial charge in [-0.2, -0.15) is 9.36 Å². The van der Waals surface area contributed by atoms with Gasteiger partial charge in [0.1, 0.15) is 11.6 Å². The Bertz CT molecular complexity index is 444. The van der Waals surface area contributed by atoms with Crippen molar-refractivity contribution in [3.63, 3.8) is 0 Å². The first-order chi connectivity index (χ1) is 6.75. The van der Waals surface area contributed by atoms with Gasteiger partial charge >= 0.3 is 0 Å². The summed E-state index contributed by atoms with van der Waals surface area (Å²) < 4.78 is 10.5. The first kappa shape index (κ1) is 9.61. The van der Waals surface area contributed by atoms with Gasteiger partial charge in [-0.25, -0.2) is 0 Å². The highest BCUT2D eigenvalue weighted by Gasteiger charge is 2.05. The van der Waals surface area contributed by atoms with Crippen LogP contribution in [0, 0.1) is 6.92 Å². The van der Waals surface area contributed by atoms with E-state index in [1.165, 1.54) is 11.5 Å². The largest absolute Gasteiger partial charge is 0.429 e. The third kappa shape index (κ3) is 2.10. The van der Waals surface area contributed by atoms with Crippen molar-refractivity contribution < 1.29 is 4.74 Å². The molecule has 1 aromatic carbocycles. The van der Waals surface area contributed by atoms with Crippen molar-refractivity contribution in [1.29, 1.82) is 0 Å². The van der Waals surface area contributed by atoms with Crippen LogP contribution in [0.2, 0.25) is 0 Å². The topological polar surface area (TPSA) is 35.0 Å². The summed E-state index contributed by atoms with van der Waals surface area (Å²) in [6.07, 6.45) is 0. The predicted molar refractivity (Wildman–Crippen MR) is 58.9 cm³/mol. The van der Waals surface area contributed by atoms with Crippen LogP contribution in [0.25, 0.3) is 0 Å². The van der Waals surface area contributed by atoms with Gasteiger partial charge < -0.3 is 4.74 Å². The fourth-order valence-corrected chi connectivity index (χ4v) is 1.86. The molecule has 0 amide bonds. The highest BCUT2D eigenvalue weighted by Crippen LogP contribution is 2.29. The minimum Gasteiger partial charge on any atom is -0.429 e. The summed E-state index contributed by atoms with van der Waals surface area (Å²) in [6, 6.07) is 7.64. The lowest BCUT2D eigenvalue weighted by Crippen LogP contribution is -1.84. The van der Waals surface area contributed by atoms with Crippen molar-refractivity contribution >= 4 is 27.5 Å². The summed E-state index contributed by atoms with van der Waals surface area (Å²) >= 11 is 4.64. The van der Waals surface area contributed by atoms with Crippen LogP contribution in [0.5, 0.6) is 10.9 Å². The van der Waals surface area contributed by atoms with Crippen LogP contribution in [0.15, 0.2) is 28.7 Å². The molecule has 72 valence electrons. The highest BCUT2D eigenvalue weighted by atomic mass is 79.9. The number of hydrogen-bond donors (Lipinski definition) is 0. The van der Waals surface area contributed by atoms with E-state index in [1.54, 1.807) is 0 Å². The molecule has 0 unspecified atom stereocenters. The second kappa shape index (κ2) is 4.06. The molecule has 2 aromatic rings. The molecule has 0 aliphatic heterocycles. The van der Waals surface area contributed by atoms with E-state index in [9.17, 15) is 0 Å². The molecule has 0 saturated heterocycles. The van der Waals surface area contributed by atoms with Gasteiger partial charge in [-0.3, -0.25) is 0 Å². The van der Waals surface area contributed by atoms with Crippen molar-refractivity contribution in [3.8, 4) is 10.9 Å². The van der Waals surface area contributed by atoms with Gasteiger partial charge in [-0.05, 0) is 35.0 Å². The number of halogens is 1. The minimum absolute atomic E-state index is 0.564. The van der Waals surface area contributed by atoms with Crippen LogP contribution in [-0.2, 0) is 0 Å². The fraction of sp³-hybridized carbons (Fsp3) is 0.111. The van der Waals surface area contributed by atoms with E-state index in [2.05, 4.69) is 25.3 Å². The summed E-state index contributed by atoms with van der Waals surface area (Å²) in [5.74, 6) is 1.49. The van der Waals surface area contributed by atoms with Crippen molar-refractivity contribution in [2.24, 2.45) is 0 Å². The SMILES string of the molecule is Cc1nsc(Oc2ccccc2Br)n1. The molecule has 0 fully saturated rings. The Balaban J connectivity index is 2.23. The maximum absolute atomic E-state index is 5.53. The van der Waals surface area contributed by atoms with E-state index >= 15 is 0 Å². The Kier molecular flexibility index (Phi) is 2.79. The number of ether oxygens (including phenoxy) is 1. The van der Waals surface area contributed by atoms with Crippen LogP contribution in [-0.4, -0.2) is 9.36 Å². The average molecular weight is 271 g/mol. The number of benzene rings is 1. The van der Waals surface area contributed by atoms with E-state index in [0.29, 0.717) is 5.19 Å². The molecule has 0 aliphatic carbocycles. The molecule has 3 nitrogen and oxygen atoms in total. The lowest BCUT2D eigenvalue weighted by Gasteiger charge is -2.02. The van der Waals surface area contributed by atoms with Crippen LogP contribution < -0.4 is 4.74 Å². The number of para-hydroxylation sites is 1. The smallest absolute Gasteiger partial charge is 0.298 e. The van der Waals surface area contributed by atoms with Crippen molar-refractivity contribution in [2.45, 2.75) is 6.92 Å². The third-order valence-corrected chi connectivity index (χ3v) is 2.88. The predicted octanol–water partition coefficient (Wildman–Crippen LogP) is 3.40. The van der Waals surface area contributed by atoms with E-state index in [-0.39, 0.29) is 0 Å². The van der Waals surface area contributed by atoms with E-state index in [4.69, 9.17) is 4.74 Å². The quantitative estimate of drug-likeness (QED) is 0.839. The first-order valence-corrected chi connectivity index (χ1v) is 5.55. The summed E-state index contributed by atoms with van der Waals surface area (Å²) in [6.45, 7) is 1.84. The zero-order valence-corrected chi connectivity index (χ0v) is 9.80. The Hall–Kier alpha value is -0.940. The van der Waals surface area contributed by atoms with Crippen LogP contribution in [0.3, 0.4) is 0 Å². The molecule has 0 bridgehead atoms. The molecule has 2 rings (SSSR count). The maximum atomic E-state index is 5.53. The number of rotatable bonds is 2.